The number of aliphatic carboxylic acids is 1. The van der Waals surface area contributed by atoms with Gasteiger partial charge in [-0.2, -0.15) is 52.7 Å². The number of benzene rings is 2. The van der Waals surface area contributed by atoms with E-state index in [0.717, 1.165) is 69.4 Å². The van der Waals surface area contributed by atoms with Crippen LogP contribution in [0.3, 0.4) is 0 Å². The molecule has 1 amide bonds. The number of carbonyl (C=O) groups excluding carboxylic acids is 1. The van der Waals surface area contributed by atoms with Crippen molar-refractivity contribution < 1.29 is 77.6 Å². The lowest BCUT2D eigenvalue weighted by molar-refractivity contribution is -0.296. The fourth-order valence-electron chi connectivity index (χ4n) is 4.98. The molecule has 2 aliphatic heterocycles. The Hall–Kier alpha value is -5.53. The molecule has 6 rings (SSSR count). The first kappa shape index (κ1) is 48.8. The Balaban J connectivity index is 0.000000270. The number of likely N-dealkylation sites (tertiary alicyclic amines) is 1. The number of β-amino-alcohol motifs (C(OH)–C–C–N with tert-alkyl or cyclic N) is 2. The van der Waals surface area contributed by atoms with Gasteiger partial charge in [-0.05, 0) is 61.4 Å². The van der Waals surface area contributed by atoms with E-state index in [4.69, 9.17) is 10.2 Å². The van der Waals surface area contributed by atoms with Crippen LogP contribution < -0.4 is 5.32 Å². The van der Waals surface area contributed by atoms with Crippen LogP contribution >= 0.6 is 12.4 Å². The molecule has 2 aromatic heterocycles. The van der Waals surface area contributed by atoms with Crippen molar-refractivity contribution in [3.05, 3.63) is 83.5 Å². The number of nitrogens with zero attached hydrogens (tertiary/aromatic N) is 7. The molecule has 4 aromatic rings. The number of hydrogen-bond donors (Lipinski definition) is 4. The third kappa shape index (κ3) is 12.3. The molecule has 60 heavy (non-hydrogen) atoms. The molecule has 0 saturated carbocycles. The molecule has 2 aliphatic rings. The van der Waals surface area contributed by atoms with Gasteiger partial charge in [0.25, 0.3) is 0 Å². The number of carbonyl (C=O) groups is 2. The van der Waals surface area contributed by atoms with Crippen LogP contribution in [0.2, 0.25) is 0 Å². The second-order valence-electron chi connectivity index (χ2n) is 13.1. The number of aryl methyl sites for hydroxylation is 2. The van der Waals surface area contributed by atoms with E-state index in [2.05, 4.69) is 25.5 Å². The third-order valence-electron chi connectivity index (χ3n) is 8.19. The van der Waals surface area contributed by atoms with Crippen molar-refractivity contribution in [2.24, 2.45) is 0 Å². The van der Waals surface area contributed by atoms with E-state index < -0.39 is 72.0 Å². The zero-order valence-electron chi connectivity index (χ0n) is 30.5. The summed E-state index contributed by atoms with van der Waals surface area (Å²) >= 11 is 0. The largest absolute Gasteiger partial charge is 0.478 e. The van der Waals surface area contributed by atoms with E-state index in [-0.39, 0.29) is 48.3 Å². The average Bonchev–Trinajstić information content (AvgIpc) is 3.76. The minimum absolute atomic E-state index is 0. The molecule has 13 nitrogen and oxygen atoms in total. The Labute approximate surface area is 336 Å². The molecular formula is C34H31ClF12N8O5. The van der Waals surface area contributed by atoms with E-state index in [0.29, 0.717) is 11.1 Å². The molecule has 4 N–H and O–H groups in total. The van der Waals surface area contributed by atoms with Crippen molar-refractivity contribution in [3.8, 4) is 22.8 Å². The molecule has 26 heteroatoms. The first-order valence-corrected chi connectivity index (χ1v) is 16.4. The summed E-state index contributed by atoms with van der Waals surface area (Å²) in [5, 5.41) is 36.6. The predicted octanol–water partition coefficient (Wildman–Crippen LogP) is 6.01. The van der Waals surface area contributed by atoms with E-state index in [9.17, 15) is 67.4 Å². The summed E-state index contributed by atoms with van der Waals surface area (Å²) in [6.07, 6.45) is -11.9. The molecule has 328 valence electrons. The molecule has 0 atom stereocenters. The number of halogens is 13. The van der Waals surface area contributed by atoms with Gasteiger partial charge in [-0.25, -0.2) is 24.1 Å². The number of carboxylic acids is 1. The highest BCUT2D eigenvalue weighted by Gasteiger charge is 2.62. The van der Waals surface area contributed by atoms with E-state index in [1.165, 1.54) is 25.4 Å². The maximum Gasteiger partial charge on any atom is 0.420 e. The zero-order chi connectivity index (χ0) is 44.4. The molecule has 2 fully saturated rings. The minimum Gasteiger partial charge on any atom is -0.478 e. The molecule has 0 aliphatic carbocycles. The summed E-state index contributed by atoms with van der Waals surface area (Å²) in [7, 11) is 0. The Morgan fingerprint density at radius 2 is 1.07 bits per heavy atom. The molecule has 0 radical (unpaired) electrons. The summed E-state index contributed by atoms with van der Waals surface area (Å²) in [6, 6.07) is 6.84. The number of rotatable bonds is 6. The number of aliphatic hydroxyl groups is 2. The monoisotopic (exact) mass is 894 g/mol. The van der Waals surface area contributed by atoms with Gasteiger partial charge in [-0.3, -0.25) is 4.79 Å². The molecule has 2 saturated heterocycles. The van der Waals surface area contributed by atoms with Crippen LogP contribution in [0.1, 0.15) is 22.3 Å². The van der Waals surface area contributed by atoms with Crippen LogP contribution in [0.15, 0.2) is 61.2 Å². The summed E-state index contributed by atoms with van der Waals surface area (Å²) in [6.45, 7) is 0.508. The number of aromatic nitrogens is 6. The first-order chi connectivity index (χ1) is 27.0. The number of amides is 1. The maximum atomic E-state index is 12.9. The fraction of sp³-hybridized carbons (Fsp3) is 0.353. The summed E-state index contributed by atoms with van der Waals surface area (Å²) in [4.78, 5) is 30.8. The Morgan fingerprint density at radius 3 is 1.38 bits per heavy atom. The van der Waals surface area contributed by atoms with Gasteiger partial charge in [0.2, 0.25) is 5.91 Å². The maximum absolute atomic E-state index is 12.9. The van der Waals surface area contributed by atoms with Crippen LogP contribution in [0, 0.1) is 13.8 Å². The Morgan fingerprint density at radius 1 is 0.667 bits per heavy atom. The zero-order valence-corrected chi connectivity index (χ0v) is 31.3. The van der Waals surface area contributed by atoms with E-state index in [1.807, 2.05) is 0 Å². The van der Waals surface area contributed by atoms with Gasteiger partial charge < -0.3 is 25.5 Å². The average molecular weight is 895 g/mol. The number of carboxylic acid groups (broad SMARTS) is 1. The van der Waals surface area contributed by atoms with Crippen molar-refractivity contribution in [1.29, 1.82) is 0 Å². The van der Waals surface area contributed by atoms with Crippen molar-refractivity contribution in [2.75, 3.05) is 26.2 Å². The fourth-order valence-corrected chi connectivity index (χ4v) is 4.98. The second kappa shape index (κ2) is 18.0. The molecular weight excluding hydrogens is 864 g/mol. The normalized spacial score (nSPS) is 16.2. The smallest absolute Gasteiger partial charge is 0.420 e. The SMILES string of the molecule is Cc1cc(-c2ncn(/C=C\C(=O)N3CC(O)(C(F)(F)F)C3)n2)cc(C(F)(F)F)c1.Cc1cc(-c2ncn(/C=C\C(=O)O)n2)cc(C(F)(F)F)c1.Cl.OC1(C(F)(F)F)CNC1. The standard InChI is InChI=1S/C17H14F6N4O2.C13H10F3N3O2.C4H6F3NO.ClH/c1-10-4-11(6-12(5-10)16(18,19)20)14-24-9-27(25-14)3-2-13(28)26-7-15(29,8-26)17(21,22)23;1-8-4-9(6-10(5-8)13(14,15)16)12-17-7-19(18-12)3-2-11(20)21;5-4(6,7)3(9)1-8-2-3;/h2-6,9,29H,7-8H2,1H3;2-7H,1H3,(H,20,21);8-9H,1-2H2;1H/b2*3-2-;;. The predicted molar refractivity (Wildman–Crippen MR) is 187 cm³/mol. The van der Waals surface area contributed by atoms with Gasteiger partial charge in [0, 0.05) is 48.8 Å². The van der Waals surface area contributed by atoms with Crippen LogP contribution in [0.5, 0.6) is 0 Å². The first-order valence-electron chi connectivity index (χ1n) is 16.4. The Kier molecular flexibility index (Phi) is 14.6. The van der Waals surface area contributed by atoms with Gasteiger partial charge in [0.15, 0.2) is 22.9 Å². The number of alkyl halides is 12. The van der Waals surface area contributed by atoms with Gasteiger partial charge in [-0.1, -0.05) is 0 Å². The van der Waals surface area contributed by atoms with Gasteiger partial charge in [0.1, 0.15) is 12.7 Å². The highest BCUT2D eigenvalue weighted by molar-refractivity contribution is 5.91. The summed E-state index contributed by atoms with van der Waals surface area (Å²) < 4.78 is 152. The van der Waals surface area contributed by atoms with Gasteiger partial charge in [-0.15, -0.1) is 22.6 Å². The molecule has 2 aromatic carbocycles. The van der Waals surface area contributed by atoms with Crippen LogP contribution in [0.25, 0.3) is 35.2 Å². The number of nitrogens with one attached hydrogen (secondary N) is 1. The van der Waals surface area contributed by atoms with Crippen molar-refractivity contribution in [2.45, 2.75) is 49.8 Å². The number of hydrogen-bond acceptors (Lipinski definition) is 9. The molecule has 0 unspecified atom stereocenters. The molecule has 0 bridgehead atoms. The summed E-state index contributed by atoms with van der Waals surface area (Å²) in [5.41, 5.74) is -5.90. The quantitative estimate of drug-likeness (QED) is 0.133. The highest BCUT2D eigenvalue weighted by Crippen LogP contribution is 2.38. The van der Waals surface area contributed by atoms with Gasteiger partial charge in [0.05, 0.1) is 24.2 Å². The van der Waals surface area contributed by atoms with Crippen molar-refractivity contribution >= 4 is 36.7 Å². The van der Waals surface area contributed by atoms with Crippen molar-refractivity contribution in [1.82, 2.24) is 39.7 Å². The lowest BCUT2D eigenvalue weighted by Crippen LogP contribution is -2.70. The third-order valence-corrected chi connectivity index (χ3v) is 8.19. The molecule has 0 spiro atoms. The topological polar surface area (TPSA) is 172 Å². The van der Waals surface area contributed by atoms with E-state index in [1.54, 1.807) is 6.92 Å². The summed E-state index contributed by atoms with van der Waals surface area (Å²) in [5.74, 6) is -1.89. The Bertz CT molecular complexity index is 2200. The van der Waals surface area contributed by atoms with E-state index >= 15 is 0 Å². The van der Waals surface area contributed by atoms with Gasteiger partial charge >= 0.3 is 30.7 Å². The van der Waals surface area contributed by atoms with Crippen LogP contribution in [0.4, 0.5) is 52.7 Å². The lowest BCUT2D eigenvalue weighted by atomic mass is 9.93. The van der Waals surface area contributed by atoms with Crippen LogP contribution in [-0.2, 0) is 21.9 Å². The minimum atomic E-state index is -4.84. The molecule has 4 heterocycles. The second-order valence-corrected chi connectivity index (χ2v) is 13.1. The van der Waals surface area contributed by atoms with Crippen molar-refractivity contribution in [3.63, 3.8) is 0 Å². The lowest BCUT2D eigenvalue weighted by Gasteiger charge is -2.46. The van der Waals surface area contributed by atoms with Crippen LogP contribution in [-0.4, -0.2) is 111 Å². The highest BCUT2D eigenvalue weighted by atomic mass is 35.5.